The Kier molecular flexibility index (Phi) is 5.24. The molecule has 1 aromatic carbocycles. The maximum absolute atomic E-state index is 12.7. The number of pyridine rings is 1. The summed E-state index contributed by atoms with van der Waals surface area (Å²) in [5, 5.41) is 5.97. The molecule has 0 fully saturated rings. The van der Waals surface area contributed by atoms with Gasteiger partial charge in [0.05, 0.1) is 10.6 Å². The van der Waals surface area contributed by atoms with E-state index in [4.69, 9.17) is 28.9 Å². The van der Waals surface area contributed by atoms with E-state index in [-0.39, 0.29) is 28.2 Å². The van der Waals surface area contributed by atoms with E-state index in [1.54, 1.807) is 24.3 Å². The minimum atomic E-state index is -4.54. The highest BCUT2D eigenvalue weighted by molar-refractivity contribution is 6.33. The second-order valence-corrected chi connectivity index (χ2v) is 6.14. The Morgan fingerprint density at radius 2 is 1.63 bits per heavy atom. The number of nitrogens with one attached hydrogen (secondary N) is 2. The summed E-state index contributed by atoms with van der Waals surface area (Å²) < 4.78 is 38.1. The van der Waals surface area contributed by atoms with Gasteiger partial charge in [-0.25, -0.2) is 15.0 Å². The molecule has 0 aliphatic rings. The van der Waals surface area contributed by atoms with Gasteiger partial charge in [-0.15, -0.1) is 0 Å². The van der Waals surface area contributed by atoms with E-state index in [1.807, 2.05) is 0 Å². The van der Waals surface area contributed by atoms with E-state index < -0.39 is 11.7 Å². The number of nitrogen functional groups attached to an aromatic ring is 1. The number of benzene rings is 1. The number of nitrogens with two attached hydrogens (primary N) is 1. The summed E-state index contributed by atoms with van der Waals surface area (Å²) in [5.41, 5.74) is 5.84. The third-order valence-electron chi connectivity index (χ3n) is 3.38. The number of anilines is 5. The third kappa shape index (κ3) is 4.50. The molecule has 27 heavy (non-hydrogen) atoms. The fourth-order valence-corrected chi connectivity index (χ4v) is 2.50. The zero-order valence-corrected chi connectivity index (χ0v) is 14.9. The Balaban J connectivity index is 1.86. The van der Waals surface area contributed by atoms with Gasteiger partial charge in [-0.1, -0.05) is 29.3 Å². The summed E-state index contributed by atoms with van der Waals surface area (Å²) in [4.78, 5) is 11.7. The predicted molar refractivity (Wildman–Crippen MR) is 98.7 cm³/mol. The van der Waals surface area contributed by atoms with E-state index in [2.05, 4.69) is 25.6 Å². The SMILES string of the molecule is Nc1c(Nc2cccc(Cl)c2)ncnc1Nc1ncc(C(F)(F)F)cc1Cl. The molecular formula is C16H11Cl2F3N6. The van der Waals surface area contributed by atoms with Gasteiger partial charge < -0.3 is 16.4 Å². The fourth-order valence-electron chi connectivity index (χ4n) is 2.09. The minimum Gasteiger partial charge on any atom is -0.393 e. The van der Waals surface area contributed by atoms with Gasteiger partial charge in [0, 0.05) is 16.9 Å². The first-order valence-electron chi connectivity index (χ1n) is 7.37. The van der Waals surface area contributed by atoms with Crippen molar-refractivity contribution in [2.75, 3.05) is 16.4 Å². The van der Waals surface area contributed by atoms with Crippen molar-refractivity contribution in [1.29, 1.82) is 0 Å². The Bertz CT molecular complexity index is 981. The summed E-state index contributed by atoms with van der Waals surface area (Å²) in [6.07, 6.45) is -2.66. The molecule has 3 rings (SSSR count). The standard InChI is InChI=1S/C16H11Cl2F3N6/c17-9-2-1-3-10(5-9)26-14-12(22)15(25-7-24-14)27-13-11(18)4-8(6-23-13)16(19,20)21/h1-7H,22H2,(H2,23,24,25,26,27). The summed E-state index contributed by atoms with van der Waals surface area (Å²) in [7, 11) is 0. The topological polar surface area (TPSA) is 88.8 Å². The highest BCUT2D eigenvalue weighted by Gasteiger charge is 2.31. The molecule has 2 aromatic heterocycles. The number of hydrogen-bond donors (Lipinski definition) is 3. The normalized spacial score (nSPS) is 11.3. The highest BCUT2D eigenvalue weighted by atomic mass is 35.5. The van der Waals surface area contributed by atoms with Crippen LogP contribution in [0.1, 0.15) is 5.56 Å². The minimum absolute atomic E-state index is 0.0243. The van der Waals surface area contributed by atoms with Crippen LogP contribution in [0.25, 0.3) is 0 Å². The number of halogens is 5. The fraction of sp³-hybridized carbons (Fsp3) is 0.0625. The van der Waals surface area contributed by atoms with Crippen LogP contribution in [0.5, 0.6) is 0 Å². The first-order chi connectivity index (χ1) is 12.7. The van der Waals surface area contributed by atoms with Crippen molar-refractivity contribution >= 4 is 52.0 Å². The lowest BCUT2D eigenvalue weighted by molar-refractivity contribution is -0.137. The molecule has 0 saturated heterocycles. The molecule has 0 amide bonds. The van der Waals surface area contributed by atoms with Crippen molar-refractivity contribution in [2.45, 2.75) is 6.18 Å². The summed E-state index contributed by atoms with van der Waals surface area (Å²) in [5.74, 6) is 0.380. The maximum Gasteiger partial charge on any atom is 0.417 e. The molecular weight excluding hydrogens is 404 g/mol. The van der Waals surface area contributed by atoms with Crippen molar-refractivity contribution in [1.82, 2.24) is 15.0 Å². The number of hydrogen-bond acceptors (Lipinski definition) is 6. The van der Waals surface area contributed by atoms with Crippen LogP contribution in [0.3, 0.4) is 0 Å². The number of nitrogens with zero attached hydrogens (tertiary/aromatic N) is 3. The molecule has 0 aliphatic carbocycles. The van der Waals surface area contributed by atoms with Gasteiger partial charge in [0.25, 0.3) is 0 Å². The van der Waals surface area contributed by atoms with Crippen LogP contribution in [0.15, 0.2) is 42.9 Å². The van der Waals surface area contributed by atoms with E-state index >= 15 is 0 Å². The monoisotopic (exact) mass is 414 g/mol. The lowest BCUT2D eigenvalue weighted by atomic mass is 10.2. The highest BCUT2D eigenvalue weighted by Crippen LogP contribution is 2.34. The predicted octanol–water partition coefficient (Wildman–Crippen LogP) is 5.27. The quantitative estimate of drug-likeness (QED) is 0.538. The molecule has 0 unspecified atom stereocenters. The van der Waals surface area contributed by atoms with Crippen molar-refractivity contribution in [3.63, 3.8) is 0 Å². The van der Waals surface area contributed by atoms with Crippen LogP contribution >= 0.6 is 23.2 Å². The van der Waals surface area contributed by atoms with Gasteiger partial charge in [-0.2, -0.15) is 13.2 Å². The molecule has 0 bridgehead atoms. The third-order valence-corrected chi connectivity index (χ3v) is 3.90. The smallest absolute Gasteiger partial charge is 0.393 e. The van der Waals surface area contributed by atoms with Gasteiger partial charge in [-0.3, -0.25) is 0 Å². The van der Waals surface area contributed by atoms with Gasteiger partial charge in [0.15, 0.2) is 11.6 Å². The Morgan fingerprint density at radius 1 is 0.926 bits per heavy atom. The second kappa shape index (κ2) is 7.45. The molecule has 140 valence electrons. The Hall–Kier alpha value is -2.78. The molecule has 6 nitrogen and oxygen atoms in total. The number of alkyl halides is 3. The lowest BCUT2D eigenvalue weighted by Crippen LogP contribution is -2.08. The largest absolute Gasteiger partial charge is 0.417 e. The zero-order chi connectivity index (χ0) is 19.6. The van der Waals surface area contributed by atoms with Crippen LogP contribution in [-0.2, 0) is 6.18 Å². The van der Waals surface area contributed by atoms with Crippen LogP contribution in [0.4, 0.5) is 42.0 Å². The summed E-state index contributed by atoms with van der Waals surface area (Å²) in [6.45, 7) is 0. The van der Waals surface area contributed by atoms with Gasteiger partial charge in [0.1, 0.15) is 17.8 Å². The van der Waals surface area contributed by atoms with Crippen molar-refractivity contribution in [3.8, 4) is 0 Å². The number of rotatable bonds is 4. The van der Waals surface area contributed by atoms with Crippen molar-refractivity contribution < 1.29 is 13.2 Å². The molecule has 0 spiro atoms. The average Bonchev–Trinajstić information content (AvgIpc) is 2.59. The first-order valence-corrected chi connectivity index (χ1v) is 8.12. The number of aromatic nitrogens is 3. The van der Waals surface area contributed by atoms with E-state index in [9.17, 15) is 13.2 Å². The maximum atomic E-state index is 12.7. The van der Waals surface area contributed by atoms with Gasteiger partial charge in [-0.05, 0) is 24.3 Å². The van der Waals surface area contributed by atoms with E-state index in [0.29, 0.717) is 16.9 Å². The Labute approximate surface area is 161 Å². The molecule has 0 aliphatic heterocycles. The Morgan fingerprint density at radius 3 is 2.26 bits per heavy atom. The molecule has 11 heteroatoms. The average molecular weight is 415 g/mol. The van der Waals surface area contributed by atoms with E-state index in [0.717, 1.165) is 6.07 Å². The molecule has 4 N–H and O–H groups in total. The van der Waals surface area contributed by atoms with Crippen LogP contribution in [-0.4, -0.2) is 15.0 Å². The van der Waals surface area contributed by atoms with Crippen LogP contribution in [0, 0.1) is 0 Å². The zero-order valence-electron chi connectivity index (χ0n) is 13.4. The molecule has 3 aromatic rings. The van der Waals surface area contributed by atoms with Gasteiger partial charge >= 0.3 is 6.18 Å². The lowest BCUT2D eigenvalue weighted by Gasteiger charge is -2.14. The summed E-state index contributed by atoms with van der Waals surface area (Å²) >= 11 is 11.8. The molecule has 0 saturated carbocycles. The van der Waals surface area contributed by atoms with Crippen LogP contribution in [0.2, 0.25) is 10.0 Å². The molecule has 0 atom stereocenters. The van der Waals surface area contributed by atoms with E-state index in [1.165, 1.54) is 6.33 Å². The van der Waals surface area contributed by atoms with Crippen molar-refractivity contribution in [2.24, 2.45) is 0 Å². The first kappa shape index (κ1) is 19.0. The second-order valence-electron chi connectivity index (χ2n) is 5.30. The molecule has 2 heterocycles. The van der Waals surface area contributed by atoms with Crippen molar-refractivity contribution in [3.05, 3.63) is 58.5 Å². The van der Waals surface area contributed by atoms with Gasteiger partial charge in [0.2, 0.25) is 0 Å². The van der Waals surface area contributed by atoms with Crippen LogP contribution < -0.4 is 16.4 Å². The summed E-state index contributed by atoms with van der Waals surface area (Å²) in [6, 6.07) is 7.65. The molecule has 0 radical (unpaired) electrons.